The molecule has 0 bridgehead atoms. The second-order valence-corrected chi connectivity index (χ2v) is 6.98. The first kappa shape index (κ1) is 17.6. The maximum Gasteiger partial charge on any atom is 0.227 e. The quantitative estimate of drug-likeness (QED) is 0.867. The van der Waals surface area contributed by atoms with E-state index in [9.17, 15) is 9.90 Å². The number of carbonyl (C=O) groups is 1. The summed E-state index contributed by atoms with van der Waals surface area (Å²) in [6, 6.07) is 0. The fraction of sp³-hybridized carbons (Fsp3) is 0.800. The van der Waals surface area contributed by atoms with E-state index < -0.39 is 5.60 Å². The topological polar surface area (TPSA) is 79.5 Å². The highest BCUT2D eigenvalue weighted by atomic mass is 16.5. The molecule has 0 aliphatic carbocycles. The molecular weight excluding hydrogens is 270 g/mol. The highest BCUT2D eigenvalue weighted by Gasteiger charge is 2.23. The van der Waals surface area contributed by atoms with Gasteiger partial charge in [-0.2, -0.15) is 4.98 Å². The molecule has 1 rings (SSSR count). The van der Waals surface area contributed by atoms with E-state index in [4.69, 9.17) is 4.52 Å². The van der Waals surface area contributed by atoms with Gasteiger partial charge in [0.05, 0.1) is 5.60 Å². The minimum absolute atomic E-state index is 0.0184. The Hall–Kier alpha value is -1.43. The molecule has 0 aliphatic heterocycles. The molecular formula is C15H27N3O3. The Labute approximate surface area is 126 Å². The molecule has 0 aromatic carbocycles. The zero-order valence-corrected chi connectivity index (χ0v) is 13.9. The van der Waals surface area contributed by atoms with Gasteiger partial charge >= 0.3 is 0 Å². The van der Waals surface area contributed by atoms with Crippen LogP contribution in [-0.4, -0.2) is 44.7 Å². The summed E-state index contributed by atoms with van der Waals surface area (Å²) < 4.78 is 5.17. The lowest BCUT2D eigenvalue weighted by molar-refractivity contribution is -0.134. The summed E-state index contributed by atoms with van der Waals surface area (Å²) in [6.45, 7) is 12.2. The van der Waals surface area contributed by atoms with Crippen LogP contribution in [0.1, 0.15) is 59.7 Å². The molecule has 0 fully saturated rings. The number of aliphatic hydroxyl groups is 1. The second kappa shape index (κ2) is 6.56. The smallest absolute Gasteiger partial charge is 0.227 e. The van der Waals surface area contributed by atoms with Crippen molar-refractivity contribution >= 4 is 5.91 Å². The van der Waals surface area contributed by atoms with Crippen molar-refractivity contribution in [2.24, 2.45) is 0 Å². The predicted octanol–water partition coefficient (Wildman–Crippen LogP) is 1.92. The Kier molecular flexibility index (Phi) is 5.50. The van der Waals surface area contributed by atoms with Crippen LogP contribution in [0.2, 0.25) is 0 Å². The zero-order chi connectivity index (χ0) is 16.3. The molecule has 1 aromatic rings. The maximum absolute atomic E-state index is 12.2. The lowest BCUT2D eigenvalue weighted by Gasteiger charge is -2.28. The lowest BCUT2D eigenvalue weighted by atomic mass is 9.96. The first-order chi connectivity index (χ1) is 9.53. The Morgan fingerprint density at radius 3 is 2.33 bits per heavy atom. The fourth-order valence-electron chi connectivity index (χ4n) is 1.88. The Bertz CT molecular complexity index is 469. The van der Waals surface area contributed by atoms with Crippen molar-refractivity contribution < 1.29 is 14.4 Å². The van der Waals surface area contributed by atoms with Gasteiger partial charge in [0.25, 0.3) is 0 Å². The van der Waals surface area contributed by atoms with Gasteiger partial charge in [0, 0.05) is 31.3 Å². The maximum atomic E-state index is 12.2. The molecule has 120 valence electrons. The van der Waals surface area contributed by atoms with Crippen LogP contribution in [0.3, 0.4) is 0 Å². The molecule has 6 nitrogen and oxygen atoms in total. The van der Waals surface area contributed by atoms with Gasteiger partial charge < -0.3 is 14.5 Å². The zero-order valence-electron chi connectivity index (χ0n) is 13.9. The molecule has 0 radical (unpaired) electrons. The van der Waals surface area contributed by atoms with E-state index in [2.05, 4.69) is 10.1 Å². The van der Waals surface area contributed by atoms with Gasteiger partial charge in [-0.15, -0.1) is 0 Å². The number of nitrogens with zero attached hydrogens (tertiary/aromatic N) is 3. The summed E-state index contributed by atoms with van der Waals surface area (Å²) in [5.74, 6) is 1.11. The number of amides is 1. The SMILES string of the molecule is CCN(CC(C)(C)O)C(=O)CCc1nc(C(C)(C)C)no1. The van der Waals surface area contributed by atoms with Crippen molar-refractivity contribution in [3.8, 4) is 0 Å². The molecule has 6 heteroatoms. The van der Waals surface area contributed by atoms with Crippen LogP contribution in [0.15, 0.2) is 4.52 Å². The van der Waals surface area contributed by atoms with Crippen molar-refractivity contribution in [1.82, 2.24) is 15.0 Å². The van der Waals surface area contributed by atoms with E-state index in [-0.39, 0.29) is 11.3 Å². The number of aromatic nitrogens is 2. The highest BCUT2D eigenvalue weighted by Crippen LogP contribution is 2.19. The summed E-state index contributed by atoms with van der Waals surface area (Å²) >= 11 is 0. The predicted molar refractivity (Wildman–Crippen MR) is 79.9 cm³/mol. The van der Waals surface area contributed by atoms with E-state index in [1.807, 2.05) is 27.7 Å². The van der Waals surface area contributed by atoms with Gasteiger partial charge in [0.15, 0.2) is 5.82 Å². The van der Waals surface area contributed by atoms with Crippen LogP contribution >= 0.6 is 0 Å². The van der Waals surface area contributed by atoms with E-state index >= 15 is 0 Å². The lowest BCUT2D eigenvalue weighted by Crippen LogP contribution is -2.42. The van der Waals surface area contributed by atoms with Crippen LogP contribution in [0.5, 0.6) is 0 Å². The summed E-state index contributed by atoms with van der Waals surface area (Å²) in [5.41, 5.74) is -1.06. The highest BCUT2D eigenvalue weighted by molar-refractivity contribution is 5.76. The van der Waals surface area contributed by atoms with Gasteiger partial charge in [0.1, 0.15) is 0 Å². The third-order valence-corrected chi connectivity index (χ3v) is 3.00. The molecule has 1 heterocycles. The van der Waals surface area contributed by atoms with Crippen molar-refractivity contribution in [3.63, 3.8) is 0 Å². The van der Waals surface area contributed by atoms with Crippen LogP contribution < -0.4 is 0 Å². The second-order valence-electron chi connectivity index (χ2n) is 6.98. The molecule has 0 atom stereocenters. The molecule has 1 amide bonds. The third kappa shape index (κ3) is 5.83. The normalized spacial score (nSPS) is 12.5. The van der Waals surface area contributed by atoms with Crippen molar-refractivity contribution in [3.05, 3.63) is 11.7 Å². The van der Waals surface area contributed by atoms with Crippen molar-refractivity contribution in [2.75, 3.05) is 13.1 Å². The summed E-state index contributed by atoms with van der Waals surface area (Å²) in [5, 5.41) is 13.8. The molecule has 1 N–H and O–H groups in total. The standard InChI is InChI=1S/C15H27N3O3/c1-7-18(10-15(5,6)20)12(19)9-8-11-16-13(17-21-11)14(2,3)4/h20H,7-10H2,1-6H3. The van der Waals surface area contributed by atoms with Gasteiger partial charge in [-0.3, -0.25) is 4.79 Å². The Morgan fingerprint density at radius 1 is 1.29 bits per heavy atom. The number of aryl methyl sites for hydroxylation is 1. The van der Waals surface area contributed by atoms with E-state index in [0.29, 0.717) is 37.6 Å². The third-order valence-electron chi connectivity index (χ3n) is 3.00. The van der Waals surface area contributed by atoms with Crippen molar-refractivity contribution in [1.29, 1.82) is 0 Å². The molecule has 0 aliphatic rings. The fourth-order valence-corrected chi connectivity index (χ4v) is 1.88. The minimum atomic E-state index is -0.893. The number of likely N-dealkylation sites (N-methyl/N-ethyl adjacent to an activating group) is 1. The number of hydrogen-bond donors (Lipinski definition) is 1. The van der Waals surface area contributed by atoms with Crippen molar-refractivity contribution in [2.45, 2.75) is 65.4 Å². The van der Waals surface area contributed by atoms with Crippen LogP contribution in [0.4, 0.5) is 0 Å². The molecule has 1 aromatic heterocycles. The largest absolute Gasteiger partial charge is 0.389 e. The molecule has 0 saturated heterocycles. The first-order valence-electron chi connectivity index (χ1n) is 7.36. The number of hydrogen-bond acceptors (Lipinski definition) is 5. The van der Waals surface area contributed by atoms with Crippen LogP contribution in [0.25, 0.3) is 0 Å². The summed E-state index contributed by atoms with van der Waals surface area (Å²) in [6.07, 6.45) is 0.722. The number of rotatable bonds is 6. The first-order valence-corrected chi connectivity index (χ1v) is 7.36. The molecule has 0 spiro atoms. The summed E-state index contributed by atoms with van der Waals surface area (Å²) in [4.78, 5) is 18.1. The molecule has 0 unspecified atom stereocenters. The molecule has 0 saturated carbocycles. The Balaban J connectivity index is 2.57. The average Bonchev–Trinajstić information content (AvgIpc) is 2.80. The van der Waals surface area contributed by atoms with E-state index in [1.54, 1.807) is 18.7 Å². The average molecular weight is 297 g/mol. The van der Waals surface area contributed by atoms with E-state index in [1.165, 1.54) is 0 Å². The minimum Gasteiger partial charge on any atom is -0.389 e. The Morgan fingerprint density at radius 2 is 1.90 bits per heavy atom. The van der Waals surface area contributed by atoms with Gasteiger partial charge in [-0.1, -0.05) is 25.9 Å². The molecule has 21 heavy (non-hydrogen) atoms. The summed E-state index contributed by atoms with van der Waals surface area (Å²) in [7, 11) is 0. The van der Waals surface area contributed by atoms with E-state index in [0.717, 1.165) is 0 Å². The van der Waals surface area contributed by atoms with Gasteiger partial charge in [-0.05, 0) is 20.8 Å². The monoisotopic (exact) mass is 297 g/mol. The number of carbonyl (C=O) groups excluding carboxylic acids is 1. The van der Waals surface area contributed by atoms with Crippen LogP contribution in [-0.2, 0) is 16.6 Å². The van der Waals surface area contributed by atoms with Gasteiger partial charge in [0.2, 0.25) is 11.8 Å². The van der Waals surface area contributed by atoms with Gasteiger partial charge in [-0.25, -0.2) is 0 Å². The van der Waals surface area contributed by atoms with Crippen LogP contribution in [0, 0.1) is 0 Å².